The van der Waals surface area contributed by atoms with Gasteiger partial charge >= 0.3 is 0 Å². The maximum absolute atomic E-state index is 6.13. The summed E-state index contributed by atoms with van der Waals surface area (Å²) >= 11 is 0. The Bertz CT molecular complexity index is 560. The molecule has 0 spiro atoms. The molecule has 1 heterocycles. The van der Waals surface area contributed by atoms with Gasteiger partial charge in [0.05, 0.1) is 23.7 Å². The fraction of sp³-hybridized carbons (Fsp3) is 0.533. The highest BCUT2D eigenvalue weighted by atomic mass is 16.5. The van der Waals surface area contributed by atoms with Crippen molar-refractivity contribution in [2.24, 2.45) is 5.92 Å². The van der Waals surface area contributed by atoms with Gasteiger partial charge in [-0.3, -0.25) is 0 Å². The summed E-state index contributed by atoms with van der Waals surface area (Å²) in [4.78, 5) is 4.51. The first kappa shape index (κ1) is 13.9. The number of rotatable bonds is 5. The van der Waals surface area contributed by atoms with E-state index in [-0.39, 0.29) is 6.04 Å². The number of ether oxygens (including phenoxy) is 1. The zero-order valence-electron chi connectivity index (χ0n) is 12.2. The summed E-state index contributed by atoms with van der Waals surface area (Å²) in [6.45, 7) is 9.82. The second-order valence-electron chi connectivity index (χ2n) is 5.25. The first-order chi connectivity index (χ1) is 9.06. The van der Waals surface area contributed by atoms with Gasteiger partial charge in [0.15, 0.2) is 0 Å². The zero-order valence-corrected chi connectivity index (χ0v) is 12.2. The predicted molar refractivity (Wildman–Crippen MR) is 79.3 cm³/mol. The van der Waals surface area contributed by atoms with Crippen molar-refractivity contribution >= 4 is 17.0 Å². The smallest absolute Gasteiger partial charge is 0.201 e. The van der Waals surface area contributed by atoms with Crippen LogP contribution < -0.4 is 5.73 Å². The molecule has 4 nitrogen and oxygen atoms in total. The average Bonchev–Trinajstić information content (AvgIpc) is 2.68. The largest absolute Gasteiger partial charge is 0.380 e. The van der Waals surface area contributed by atoms with E-state index < -0.39 is 0 Å². The van der Waals surface area contributed by atoms with Gasteiger partial charge in [0, 0.05) is 6.61 Å². The summed E-state index contributed by atoms with van der Waals surface area (Å²) in [5.74, 6) is 1.01. The molecule has 0 aliphatic carbocycles. The van der Waals surface area contributed by atoms with Crippen molar-refractivity contribution in [1.29, 1.82) is 0 Å². The standard InChI is InChI=1S/C15H23N3O/c1-5-19-9-13(10(2)3)18-12-8-6-7-11(4)14(12)17-15(18)16/h6-8,10,13H,5,9H2,1-4H3,(H2,16,17). The molecule has 1 unspecified atom stereocenters. The lowest BCUT2D eigenvalue weighted by molar-refractivity contribution is 0.0987. The number of hydrogen-bond donors (Lipinski definition) is 1. The van der Waals surface area contributed by atoms with E-state index >= 15 is 0 Å². The Kier molecular flexibility index (Phi) is 4.10. The molecule has 0 saturated heterocycles. The van der Waals surface area contributed by atoms with Crippen molar-refractivity contribution in [2.75, 3.05) is 18.9 Å². The van der Waals surface area contributed by atoms with Crippen LogP contribution in [0.2, 0.25) is 0 Å². The Morgan fingerprint density at radius 1 is 1.37 bits per heavy atom. The monoisotopic (exact) mass is 261 g/mol. The lowest BCUT2D eigenvalue weighted by atomic mass is 10.0. The molecule has 19 heavy (non-hydrogen) atoms. The third kappa shape index (κ3) is 2.59. The third-order valence-corrected chi connectivity index (χ3v) is 3.54. The zero-order chi connectivity index (χ0) is 14.0. The van der Waals surface area contributed by atoms with Gasteiger partial charge in [0.2, 0.25) is 5.95 Å². The van der Waals surface area contributed by atoms with Gasteiger partial charge in [-0.25, -0.2) is 4.98 Å². The van der Waals surface area contributed by atoms with Gasteiger partial charge in [-0.15, -0.1) is 0 Å². The summed E-state index contributed by atoms with van der Waals surface area (Å²) in [6.07, 6.45) is 0. The molecule has 4 heteroatoms. The second kappa shape index (κ2) is 5.61. The summed E-state index contributed by atoms with van der Waals surface area (Å²) in [7, 11) is 0. The number of nitrogens with zero attached hydrogens (tertiary/aromatic N) is 2. The number of para-hydroxylation sites is 1. The van der Waals surface area contributed by atoms with Crippen LogP contribution in [-0.4, -0.2) is 22.8 Å². The molecule has 1 aromatic carbocycles. The number of benzene rings is 1. The van der Waals surface area contributed by atoms with E-state index in [1.165, 1.54) is 0 Å². The quantitative estimate of drug-likeness (QED) is 0.899. The minimum absolute atomic E-state index is 0.215. The van der Waals surface area contributed by atoms with Gasteiger partial charge in [-0.1, -0.05) is 26.0 Å². The van der Waals surface area contributed by atoms with Crippen molar-refractivity contribution in [3.05, 3.63) is 23.8 Å². The van der Waals surface area contributed by atoms with E-state index in [1.807, 2.05) is 13.0 Å². The Morgan fingerprint density at radius 2 is 2.11 bits per heavy atom. The Morgan fingerprint density at radius 3 is 2.74 bits per heavy atom. The number of hydrogen-bond acceptors (Lipinski definition) is 3. The Balaban J connectivity index is 2.52. The van der Waals surface area contributed by atoms with Crippen LogP contribution in [0, 0.1) is 12.8 Å². The second-order valence-corrected chi connectivity index (χ2v) is 5.25. The van der Waals surface area contributed by atoms with Crippen molar-refractivity contribution in [1.82, 2.24) is 9.55 Å². The molecular formula is C15H23N3O. The van der Waals surface area contributed by atoms with Gasteiger partial charge in [-0.05, 0) is 31.4 Å². The van der Waals surface area contributed by atoms with Crippen LogP contribution >= 0.6 is 0 Å². The number of aryl methyl sites for hydroxylation is 1. The maximum Gasteiger partial charge on any atom is 0.201 e. The van der Waals surface area contributed by atoms with Crippen LogP contribution in [0.25, 0.3) is 11.0 Å². The molecule has 2 rings (SSSR count). The highest BCUT2D eigenvalue weighted by Gasteiger charge is 2.21. The third-order valence-electron chi connectivity index (χ3n) is 3.54. The number of nitrogens with two attached hydrogens (primary N) is 1. The fourth-order valence-electron chi connectivity index (χ4n) is 2.43. The van der Waals surface area contributed by atoms with E-state index in [1.54, 1.807) is 0 Å². The first-order valence-electron chi connectivity index (χ1n) is 6.87. The van der Waals surface area contributed by atoms with Crippen LogP contribution in [-0.2, 0) is 4.74 Å². The molecular weight excluding hydrogens is 238 g/mol. The van der Waals surface area contributed by atoms with Gasteiger partial charge in [0.25, 0.3) is 0 Å². The lowest BCUT2D eigenvalue weighted by Gasteiger charge is -2.24. The predicted octanol–water partition coefficient (Wildman–Crippen LogP) is 3.16. The first-order valence-corrected chi connectivity index (χ1v) is 6.87. The summed E-state index contributed by atoms with van der Waals surface area (Å²) < 4.78 is 7.72. The van der Waals surface area contributed by atoms with Gasteiger partial charge in [0.1, 0.15) is 0 Å². The van der Waals surface area contributed by atoms with Crippen LogP contribution in [0.3, 0.4) is 0 Å². The SMILES string of the molecule is CCOCC(C(C)C)n1c(N)nc2c(C)cccc21. The van der Waals surface area contributed by atoms with E-state index in [2.05, 4.69) is 42.5 Å². The molecule has 0 radical (unpaired) electrons. The summed E-state index contributed by atoms with van der Waals surface area (Å²) in [5.41, 5.74) is 9.36. The van der Waals surface area contributed by atoms with Crippen LogP contribution in [0.5, 0.6) is 0 Å². The van der Waals surface area contributed by atoms with E-state index in [0.717, 1.165) is 23.2 Å². The molecule has 0 amide bonds. The molecule has 0 bridgehead atoms. The van der Waals surface area contributed by atoms with Crippen LogP contribution in [0.4, 0.5) is 5.95 Å². The van der Waals surface area contributed by atoms with E-state index in [0.29, 0.717) is 18.5 Å². The van der Waals surface area contributed by atoms with Gasteiger partial charge < -0.3 is 15.0 Å². The number of fused-ring (bicyclic) bond motifs is 1. The maximum atomic E-state index is 6.13. The molecule has 0 fully saturated rings. The highest BCUT2D eigenvalue weighted by Crippen LogP contribution is 2.29. The van der Waals surface area contributed by atoms with Crippen molar-refractivity contribution in [3.8, 4) is 0 Å². The molecule has 2 N–H and O–H groups in total. The van der Waals surface area contributed by atoms with Crippen LogP contribution in [0.15, 0.2) is 18.2 Å². The normalized spacial score (nSPS) is 13.3. The molecule has 0 aliphatic heterocycles. The van der Waals surface area contributed by atoms with Gasteiger partial charge in [-0.2, -0.15) is 0 Å². The highest BCUT2D eigenvalue weighted by molar-refractivity contribution is 5.81. The molecule has 2 aromatic rings. The lowest BCUT2D eigenvalue weighted by Crippen LogP contribution is -2.22. The molecule has 0 aliphatic rings. The molecule has 104 valence electrons. The van der Waals surface area contributed by atoms with Crippen molar-refractivity contribution in [3.63, 3.8) is 0 Å². The number of nitrogen functional groups attached to an aromatic ring is 1. The topological polar surface area (TPSA) is 53.1 Å². The number of imidazole rings is 1. The minimum atomic E-state index is 0.215. The summed E-state index contributed by atoms with van der Waals surface area (Å²) in [6, 6.07) is 6.40. The fourth-order valence-corrected chi connectivity index (χ4v) is 2.43. The van der Waals surface area contributed by atoms with Crippen molar-refractivity contribution < 1.29 is 4.74 Å². The van der Waals surface area contributed by atoms with Crippen molar-refractivity contribution in [2.45, 2.75) is 33.7 Å². The van der Waals surface area contributed by atoms with E-state index in [4.69, 9.17) is 10.5 Å². The molecule has 1 atom stereocenters. The molecule has 0 saturated carbocycles. The average molecular weight is 261 g/mol. The molecule has 1 aromatic heterocycles. The minimum Gasteiger partial charge on any atom is -0.380 e. The van der Waals surface area contributed by atoms with Crippen LogP contribution in [0.1, 0.15) is 32.4 Å². The Hall–Kier alpha value is -1.55. The number of anilines is 1. The Labute approximate surface area is 114 Å². The number of aromatic nitrogens is 2. The van der Waals surface area contributed by atoms with E-state index in [9.17, 15) is 0 Å². The summed E-state index contributed by atoms with van der Waals surface area (Å²) in [5, 5.41) is 0.